The first-order valence-corrected chi connectivity index (χ1v) is 10.1. The van der Waals surface area contributed by atoms with E-state index in [1.165, 1.54) is 24.3 Å². The third-order valence-electron chi connectivity index (χ3n) is 3.65. The summed E-state index contributed by atoms with van der Waals surface area (Å²) < 4.78 is 94.8. The lowest BCUT2D eigenvalue weighted by molar-refractivity contribution is -0.274. The molecule has 0 saturated carbocycles. The van der Waals surface area contributed by atoms with Crippen LogP contribution < -0.4 is 19.5 Å². The number of benzene rings is 2. The predicted molar refractivity (Wildman–Crippen MR) is 97.9 cm³/mol. The van der Waals surface area contributed by atoms with Crippen LogP contribution >= 0.6 is 0 Å². The minimum Gasteiger partial charge on any atom is -0.435 e. The van der Waals surface area contributed by atoms with Crippen molar-refractivity contribution in [2.24, 2.45) is 0 Å². The normalized spacial score (nSPS) is 11.9. The number of hydrogen-bond acceptors (Lipinski definition) is 5. The Hall–Kier alpha value is -2.93. The summed E-state index contributed by atoms with van der Waals surface area (Å²) >= 11 is 0. The molecule has 0 aliphatic carbocycles. The van der Waals surface area contributed by atoms with Gasteiger partial charge in [0, 0.05) is 19.5 Å². The quantitative estimate of drug-likeness (QED) is 0.523. The highest BCUT2D eigenvalue weighted by molar-refractivity contribution is 7.89. The minimum atomic E-state index is -4.90. The van der Waals surface area contributed by atoms with Crippen LogP contribution in [0, 0.1) is 0 Å². The molecule has 170 valence electrons. The lowest BCUT2D eigenvalue weighted by Gasteiger charge is -2.10. The Morgan fingerprint density at radius 2 is 1.55 bits per heavy atom. The Balaban J connectivity index is 1.78. The largest absolute Gasteiger partial charge is 0.573 e. The summed E-state index contributed by atoms with van der Waals surface area (Å²) in [7, 11) is -4.04. The first kappa shape index (κ1) is 24.3. The Morgan fingerprint density at radius 1 is 0.968 bits per heavy atom. The van der Waals surface area contributed by atoms with E-state index in [1.54, 1.807) is 0 Å². The van der Waals surface area contributed by atoms with Gasteiger partial charge in [-0.3, -0.25) is 4.79 Å². The molecule has 2 rings (SSSR count). The second kappa shape index (κ2) is 10.4. The summed E-state index contributed by atoms with van der Waals surface area (Å²) in [6, 6.07) is 9.16. The van der Waals surface area contributed by atoms with Crippen LogP contribution in [0.25, 0.3) is 0 Å². The van der Waals surface area contributed by atoms with E-state index in [9.17, 15) is 35.2 Å². The van der Waals surface area contributed by atoms with Gasteiger partial charge in [0.25, 0.3) is 0 Å². The highest BCUT2D eigenvalue weighted by Gasteiger charge is 2.31. The average molecular weight is 468 g/mol. The molecule has 2 N–H and O–H groups in total. The average Bonchev–Trinajstić information content (AvgIpc) is 2.66. The number of alkyl halides is 5. The van der Waals surface area contributed by atoms with Crippen molar-refractivity contribution in [3.8, 4) is 11.5 Å². The number of hydrogen-bond donors (Lipinski definition) is 2. The molecular formula is C18H17F5N2O5S. The molecule has 0 aliphatic heterocycles. The number of nitrogens with one attached hydrogen (secondary N) is 2. The fraction of sp³-hybridized carbons (Fsp3) is 0.278. The molecule has 31 heavy (non-hydrogen) atoms. The highest BCUT2D eigenvalue weighted by Crippen LogP contribution is 2.23. The Bertz CT molecular complexity index is 964. The van der Waals surface area contributed by atoms with Crippen molar-refractivity contribution in [3.05, 3.63) is 54.1 Å². The van der Waals surface area contributed by atoms with Crippen LogP contribution in [0.1, 0.15) is 12.0 Å². The molecule has 0 bridgehead atoms. The van der Waals surface area contributed by atoms with Crippen LogP contribution in [0.2, 0.25) is 0 Å². The topological polar surface area (TPSA) is 93.7 Å². The standard InChI is InChI=1S/C18H17F5N2O5S/c19-17(20)29-13-3-1-12(2-4-13)11-24-16(26)9-10-25-31(27,28)15-7-5-14(6-8-15)30-18(21,22)23/h1-8,17,25H,9-11H2,(H,24,26). The SMILES string of the molecule is O=C(CCNS(=O)(=O)c1ccc(OC(F)(F)F)cc1)NCc1ccc(OC(F)F)cc1. The molecule has 0 radical (unpaired) electrons. The van der Waals surface area contributed by atoms with Gasteiger partial charge in [0.05, 0.1) is 4.90 Å². The monoisotopic (exact) mass is 468 g/mol. The van der Waals surface area contributed by atoms with Crippen molar-refractivity contribution >= 4 is 15.9 Å². The molecule has 7 nitrogen and oxygen atoms in total. The van der Waals surface area contributed by atoms with Crippen LogP contribution in [-0.2, 0) is 21.4 Å². The van der Waals surface area contributed by atoms with Gasteiger partial charge in [0.15, 0.2) is 0 Å². The molecule has 2 aromatic carbocycles. The van der Waals surface area contributed by atoms with Gasteiger partial charge in [0.1, 0.15) is 11.5 Å². The van der Waals surface area contributed by atoms with Gasteiger partial charge in [-0.1, -0.05) is 12.1 Å². The molecule has 0 atom stereocenters. The zero-order chi connectivity index (χ0) is 23.1. The molecular weight excluding hydrogens is 451 g/mol. The highest BCUT2D eigenvalue weighted by atomic mass is 32.2. The molecule has 0 saturated heterocycles. The van der Waals surface area contributed by atoms with Crippen molar-refractivity contribution < 1.29 is 44.6 Å². The second-order valence-electron chi connectivity index (χ2n) is 5.97. The van der Waals surface area contributed by atoms with Crippen molar-refractivity contribution in [2.45, 2.75) is 30.8 Å². The molecule has 0 spiro atoms. The zero-order valence-electron chi connectivity index (χ0n) is 15.7. The van der Waals surface area contributed by atoms with Gasteiger partial charge in [-0.15, -0.1) is 13.2 Å². The van der Waals surface area contributed by atoms with Crippen LogP contribution in [0.4, 0.5) is 22.0 Å². The number of sulfonamides is 1. The van der Waals surface area contributed by atoms with E-state index in [-0.39, 0.29) is 30.2 Å². The lowest BCUT2D eigenvalue weighted by atomic mass is 10.2. The summed E-state index contributed by atoms with van der Waals surface area (Å²) in [6.45, 7) is -3.11. The molecule has 0 fully saturated rings. The van der Waals surface area contributed by atoms with Crippen molar-refractivity contribution in [1.82, 2.24) is 10.0 Å². The third kappa shape index (κ3) is 8.76. The van der Waals surface area contributed by atoms with Gasteiger partial charge in [-0.2, -0.15) is 8.78 Å². The minimum absolute atomic E-state index is 0.0301. The maximum Gasteiger partial charge on any atom is 0.573 e. The number of rotatable bonds is 10. The van der Waals surface area contributed by atoms with Crippen molar-refractivity contribution in [2.75, 3.05) is 6.54 Å². The van der Waals surface area contributed by atoms with Crippen molar-refractivity contribution in [1.29, 1.82) is 0 Å². The fourth-order valence-electron chi connectivity index (χ4n) is 2.28. The van der Waals surface area contributed by atoms with E-state index >= 15 is 0 Å². The van der Waals surface area contributed by atoms with Gasteiger partial charge >= 0.3 is 13.0 Å². The Kier molecular flexibility index (Phi) is 8.16. The van der Waals surface area contributed by atoms with E-state index in [1.807, 2.05) is 0 Å². The van der Waals surface area contributed by atoms with E-state index in [4.69, 9.17) is 0 Å². The van der Waals surface area contributed by atoms with Crippen LogP contribution in [0.15, 0.2) is 53.4 Å². The third-order valence-corrected chi connectivity index (χ3v) is 5.13. The first-order valence-electron chi connectivity index (χ1n) is 8.60. The number of amides is 1. The zero-order valence-corrected chi connectivity index (χ0v) is 16.5. The van der Waals surface area contributed by atoms with Gasteiger partial charge in [-0.05, 0) is 42.0 Å². The maximum atomic E-state index is 12.1. The molecule has 2 aromatic rings. The van der Waals surface area contributed by atoms with Gasteiger partial charge < -0.3 is 14.8 Å². The van der Waals surface area contributed by atoms with Crippen LogP contribution in [0.5, 0.6) is 11.5 Å². The molecule has 0 heterocycles. The van der Waals surface area contributed by atoms with E-state index < -0.39 is 34.7 Å². The van der Waals surface area contributed by atoms with E-state index in [2.05, 4.69) is 19.5 Å². The summed E-state index contributed by atoms with van der Waals surface area (Å²) in [5, 5.41) is 2.53. The summed E-state index contributed by atoms with van der Waals surface area (Å²) in [6.07, 6.45) is -5.10. The van der Waals surface area contributed by atoms with Gasteiger partial charge in [0.2, 0.25) is 15.9 Å². The predicted octanol–water partition coefficient (Wildman–Crippen LogP) is 3.17. The van der Waals surface area contributed by atoms with E-state index in [0.29, 0.717) is 5.56 Å². The molecule has 0 aliphatic rings. The Labute approximate surface area is 174 Å². The van der Waals surface area contributed by atoms with Crippen LogP contribution in [-0.4, -0.2) is 33.8 Å². The maximum absolute atomic E-state index is 12.1. The number of carbonyl (C=O) groups excluding carboxylic acids is 1. The van der Waals surface area contributed by atoms with Crippen molar-refractivity contribution in [3.63, 3.8) is 0 Å². The molecule has 1 amide bonds. The summed E-state index contributed by atoms with van der Waals surface area (Å²) in [5.74, 6) is -1.08. The fourth-order valence-corrected chi connectivity index (χ4v) is 3.31. The summed E-state index contributed by atoms with van der Waals surface area (Å²) in [5.41, 5.74) is 0.608. The lowest BCUT2D eigenvalue weighted by Crippen LogP contribution is -2.30. The number of carbonyl (C=O) groups is 1. The Morgan fingerprint density at radius 3 is 2.10 bits per heavy atom. The molecule has 0 aromatic heterocycles. The summed E-state index contributed by atoms with van der Waals surface area (Å²) in [4.78, 5) is 11.5. The first-order chi connectivity index (χ1) is 14.4. The number of ether oxygens (including phenoxy) is 2. The van der Waals surface area contributed by atoms with Gasteiger partial charge in [-0.25, -0.2) is 13.1 Å². The smallest absolute Gasteiger partial charge is 0.435 e. The second-order valence-corrected chi connectivity index (χ2v) is 7.73. The van der Waals surface area contributed by atoms with E-state index in [0.717, 1.165) is 24.3 Å². The van der Waals surface area contributed by atoms with Crippen LogP contribution in [0.3, 0.4) is 0 Å². The number of halogens is 5. The molecule has 13 heteroatoms. The molecule has 0 unspecified atom stereocenters.